The Hall–Kier alpha value is -2.68. The van der Waals surface area contributed by atoms with Crippen LogP contribution in [0.3, 0.4) is 0 Å². The van der Waals surface area contributed by atoms with Crippen LogP contribution in [-0.4, -0.2) is 62.7 Å². The second-order valence-electron chi connectivity index (χ2n) is 16.3. The highest BCUT2D eigenvalue weighted by molar-refractivity contribution is 6.09. The van der Waals surface area contributed by atoms with E-state index in [1.54, 1.807) is 4.90 Å². The third-order valence-electron chi connectivity index (χ3n) is 12.2. The maximum atomic E-state index is 13.7. The first kappa shape index (κ1) is 35.2. The standard InChI is InChI=1S/C40H59N3O5/c1-26(21-32(37(44)45)31-22-27(2)23-33-35(31)43(5)38(46)40(33)15-19-47-20-16-40)11-12-28-24-34(39(3,4)25-28)48-18-7-6-10-30-14-13-29-9-8-17-41-36(29)42-30/h13-14,22-23,26,28,32,34,36,41-42H,6-12,15-21,24-25H2,1-5H3,(H,44,45)/t26?,28-,32-,34-,36?/m0/s1. The minimum atomic E-state index is -0.804. The summed E-state index contributed by atoms with van der Waals surface area (Å²) in [7, 11) is 1.82. The molecule has 0 radical (unpaired) electrons. The number of nitrogens with zero attached hydrogens (tertiary/aromatic N) is 1. The van der Waals surface area contributed by atoms with E-state index in [4.69, 9.17) is 9.47 Å². The van der Waals surface area contributed by atoms with E-state index < -0.39 is 17.3 Å². The molecule has 8 nitrogen and oxygen atoms in total. The van der Waals surface area contributed by atoms with Crippen LogP contribution in [0.25, 0.3) is 0 Å². The van der Waals surface area contributed by atoms with E-state index in [0.717, 1.165) is 80.5 Å². The molecule has 3 N–H and O–H groups in total. The zero-order chi connectivity index (χ0) is 34.1. The van der Waals surface area contributed by atoms with Crippen molar-refractivity contribution in [3.8, 4) is 0 Å². The number of anilines is 1. The van der Waals surface area contributed by atoms with E-state index in [2.05, 4.69) is 49.6 Å². The number of piperidine rings is 1. The van der Waals surface area contributed by atoms with Crippen molar-refractivity contribution in [1.29, 1.82) is 0 Å². The molecule has 1 spiro atoms. The molecular weight excluding hydrogens is 602 g/mol. The van der Waals surface area contributed by atoms with Crippen LogP contribution >= 0.6 is 0 Å². The smallest absolute Gasteiger partial charge is 0.311 e. The highest BCUT2D eigenvalue weighted by Crippen LogP contribution is 2.51. The molecule has 2 unspecified atom stereocenters. The first-order valence-electron chi connectivity index (χ1n) is 18.7. The molecule has 5 atom stereocenters. The monoisotopic (exact) mass is 661 g/mol. The number of carboxylic acid groups (broad SMARTS) is 1. The Morgan fingerprint density at radius 3 is 2.75 bits per heavy atom. The largest absolute Gasteiger partial charge is 0.481 e. The molecule has 48 heavy (non-hydrogen) atoms. The molecular formula is C40H59N3O5. The number of benzene rings is 1. The first-order valence-corrected chi connectivity index (χ1v) is 18.7. The van der Waals surface area contributed by atoms with Gasteiger partial charge in [0.1, 0.15) is 0 Å². The predicted molar refractivity (Wildman–Crippen MR) is 190 cm³/mol. The van der Waals surface area contributed by atoms with Crippen LogP contribution in [0.5, 0.6) is 0 Å². The fraction of sp³-hybridized carbons (Fsp3) is 0.700. The quantitative estimate of drug-likeness (QED) is 0.194. The summed E-state index contributed by atoms with van der Waals surface area (Å²) in [5, 5.41) is 17.8. The van der Waals surface area contributed by atoms with Crippen molar-refractivity contribution in [2.75, 3.05) is 38.3 Å². The highest BCUT2D eigenvalue weighted by atomic mass is 16.5. The Morgan fingerprint density at radius 1 is 1.19 bits per heavy atom. The van der Waals surface area contributed by atoms with Crippen LogP contribution in [-0.2, 0) is 24.5 Å². The van der Waals surface area contributed by atoms with Gasteiger partial charge in [-0.1, -0.05) is 57.4 Å². The number of dihydropyridines is 1. The minimum absolute atomic E-state index is 0.0804. The molecule has 1 saturated carbocycles. The Bertz CT molecular complexity index is 1410. The van der Waals surface area contributed by atoms with Crippen LogP contribution in [0.2, 0.25) is 0 Å². The summed E-state index contributed by atoms with van der Waals surface area (Å²) in [6.45, 7) is 11.9. The number of aliphatic carboxylic acids is 1. The number of hydrogen-bond acceptors (Lipinski definition) is 6. The Balaban J connectivity index is 0.999. The summed E-state index contributed by atoms with van der Waals surface area (Å²) in [6.07, 6.45) is 17.0. The van der Waals surface area contributed by atoms with E-state index in [1.165, 1.54) is 24.1 Å². The molecule has 4 heterocycles. The predicted octanol–water partition coefficient (Wildman–Crippen LogP) is 7.11. The van der Waals surface area contributed by atoms with Gasteiger partial charge in [-0.05, 0) is 118 Å². The molecule has 6 rings (SSSR count). The van der Waals surface area contributed by atoms with Gasteiger partial charge in [0.2, 0.25) is 5.91 Å². The molecule has 2 saturated heterocycles. The molecule has 0 aromatic heterocycles. The summed E-state index contributed by atoms with van der Waals surface area (Å²) in [6, 6.07) is 4.12. The lowest BCUT2D eigenvalue weighted by atomic mass is 9.73. The van der Waals surface area contributed by atoms with Crippen molar-refractivity contribution < 1.29 is 24.2 Å². The number of likely N-dealkylation sites (N-methyl/N-ethyl adjacent to an activating group) is 1. The maximum Gasteiger partial charge on any atom is 0.311 e. The SMILES string of the molecule is Cc1cc([C@H](CC(C)CC[C@H]2C[C@H](OCCCCC3=CC=C4CCCNC4N3)C(C)(C)C2)C(=O)O)c2c(c1)C1(CCOCC1)C(=O)N2C. The van der Waals surface area contributed by atoms with Crippen molar-refractivity contribution in [2.45, 2.75) is 128 Å². The molecule has 8 heteroatoms. The van der Waals surface area contributed by atoms with Crippen LogP contribution in [0.15, 0.2) is 35.6 Å². The average molecular weight is 662 g/mol. The van der Waals surface area contributed by atoms with E-state index in [9.17, 15) is 14.7 Å². The molecule has 4 aliphatic heterocycles. The minimum Gasteiger partial charge on any atom is -0.481 e. The van der Waals surface area contributed by atoms with E-state index in [1.807, 2.05) is 20.0 Å². The van der Waals surface area contributed by atoms with Crippen molar-refractivity contribution in [1.82, 2.24) is 10.6 Å². The lowest BCUT2D eigenvalue weighted by Gasteiger charge is -2.32. The van der Waals surface area contributed by atoms with Gasteiger partial charge in [-0.15, -0.1) is 0 Å². The zero-order valence-corrected chi connectivity index (χ0v) is 30.0. The van der Waals surface area contributed by atoms with Crippen LogP contribution in [0.1, 0.15) is 120 Å². The molecule has 1 aromatic rings. The average Bonchev–Trinajstić information content (AvgIpc) is 3.46. The number of fused-ring (bicyclic) bond motifs is 3. The maximum absolute atomic E-state index is 13.7. The number of carbonyl (C=O) groups is 2. The van der Waals surface area contributed by atoms with Crippen LogP contribution in [0.4, 0.5) is 5.69 Å². The molecule has 0 bridgehead atoms. The number of nitrogens with one attached hydrogen (secondary N) is 2. The summed E-state index contributed by atoms with van der Waals surface area (Å²) in [5.74, 6) is -0.524. The molecule has 1 aliphatic carbocycles. The fourth-order valence-corrected chi connectivity index (χ4v) is 9.43. The summed E-state index contributed by atoms with van der Waals surface area (Å²) >= 11 is 0. The number of carboxylic acids is 1. The van der Waals surface area contributed by atoms with Gasteiger partial charge in [0, 0.05) is 32.6 Å². The second kappa shape index (κ2) is 14.7. The fourth-order valence-electron chi connectivity index (χ4n) is 9.43. The van der Waals surface area contributed by atoms with E-state index in [-0.39, 0.29) is 23.3 Å². The van der Waals surface area contributed by atoms with Crippen molar-refractivity contribution in [2.24, 2.45) is 17.3 Å². The zero-order valence-electron chi connectivity index (χ0n) is 30.0. The number of ether oxygens (including phenoxy) is 2. The molecule has 264 valence electrons. The van der Waals surface area contributed by atoms with E-state index in [0.29, 0.717) is 44.6 Å². The first-order chi connectivity index (χ1) is 23.0. The number of hydrogen-bond donors (Lipinski definition) is 3. The van der Waals surface area contributed by atoms with Gasteiger partial charge in [0.25, 0.3) is 0 Å². The Labute approximate surface area is 288 Å². The molecule has 5 aliphatic rings. The van der Waals surface area contributed by atoms with Gasteiger partial charge in [-0.2, -0.15) is 0 Å². The van der Waals surface area contributed by atoms with Gasteiger partial charge >= 0.3 is 5.97 Å². The number of amides is 1. The topological polar surface area (TPSA) is 100 Å². The van der Waals surface area contributed by atoms with Crippen molar-refractivity contribution in [3.05, 3.63) is 52.2 Å². The van der Waals surface area contributed by atoms with Crippen LogP contribution in [0, 0.1) is 24.2 Å². The highest BCUT2D eigenvalue weighted by Gasteiger charge is 2.52. The summed E-state index contributed by atoms with van der Waals surface area (Å²) in [5.41, 5.74) is 6.00. The second-order valence-corrected chi connectivity index (χ2v) is 16.3. The van der Waals surface area contributed by atoms with E-state index >= 15 is 0 Å². The normalized spacial score (nSPS) is 27.1. The van der Waals surface area contributed by atoms with Crippen molar-refractivity contribution in [3.63, 3.8) is 0 Å². The number of allylic oxidation sites excluding steroid dienone is 3. The van der Waals surface area contributed by atoms with Gasteiger partial charge in [-0.25, -0.2) is 0 Å². The number of carbonyl (C=O) groups excluding carboxylic acids is 1. The molecule has 1 amide bonds. The van der Waals surface area contributed by atoms with Gasteiger partial charge < -0.3 is 24.8 Å². The molecule has 3 fully saturated rings. The third-order valence-corrected chi connectivity index (χ3v) is 12.2. The van der Waals surface area contributed by atoms with Crippen molar-refractivity contribution >= 4 is 17.6 Å². The number of unbranched alkanes of at least 4 members (excludes halogenated alkanes) is 1. The lowest BCUT2D eigenvalue weighted by molar-refractivity contribution is -0.139. The van der Waals surface area contributed by atoms with Gasteiger partial charge in [-0.3, -0.25) is 14.9 Å². The lowest BCUT2D eigenvalue weighted by Crippen LogP contribution is -2.47. The Morgan fingerprint density at radius 2 is 1.98 bits per heavy atom. The molecule has 1 aromatic carbocycles. The third kappa shape index (κ3) is 7.27. The van der Waals surface area contributed by atoms with Gasteiger partial charge in [0.15, 0.2) is 0 Å². The van der Waals surface area contributed by atoms with Gasteiger partial charge in [0.05, 0.1) is 29.3 Å². The van der Waals surface area contributed by atoms with Crippen LogP contribution < -0.4 is 15.5 Å². The summed E-state index contributed by atoms with van der Waals surface area (Å²) in [4.78, 5) is 28.2. The number of rotatable bonds is 13. The number of aryl methyl sites for hydroxylation is 1. The summed E-state index contributed by atoms with van der Waals surface area (Å²) < 4.78 is 12.1. The Kier molecular flexibility index (Phi) is 10.7.